The third kappa shape index (κ3) is 4.47. The lowest BCUT2D eigenvalue weighted by atomic mass is 10.1. The van der Waals surface area contributed by atoms with Crippen molar-refractivity contribution >= 4 is 17.6 Å². The highest BCUT2D eigenvalue weighted by molar-refractivity contribution is 5.96. The Balaban J connectivity index is 1.76. The van der Waals surface area contributed by atoms with Crippen molar-refractivity contribution in [1.29, 1.82) is 0 Å². The van der Waals surface area contributed by atoms with Gasteiger partial charge in [-0.25, -0.2) is 0 Å². The van der Waals surface area contributed by atoms with E-state index in [1.165, 1.54) is 0 Å². The summed E-state index contributed by atoms with van der Waals surface area (Å²) in [4.78, 5) is 25.2. The van der Waals surface area contributed by atoms with E-state index in [-0.39, 0.29) is 17.8 Å². The van der Waals surface area contributed by atoms with Gasteiger partial charge in [0.1, 0.15) is 0 Å². The molecule has 1 amide bonds. The van der Waals surface area contributed by atoms with Gasteiger partial charge in [0.2, 0.25) is 6.10 Å². The van der Waals surface area contributed by atoms with Crippen LogP contribution in [0.15, 0.2) is 54.6 Å². The third-order valence-corrected chi connectivity index (χ3v) is 4.58. The summed E-state index contributed by atoms with van der Waals surface area (Å²) < 4.78 is 5.63. The molecule has 2 aromatic rings. The van der Waals surface area contributed by atoms with Gasteiger partial charge in [-0.3, -0.25) is 9.59 Å². The Morgan fingerprint density at radius 2 is 1.64 bits per heavy atom. The van der Waals surface area contributed by atoms with Crippen LogP contribution in [-0.4, -0.2) is 11.9 Å². The standard InChI is InChI=1S/C21H23NO3/c1-15-11-13-18(14-12-15)22-20(23)19(16-7-3-2-4-8-16)25-21(24)17-9-5-6-10-17/h2-4,7-8,11-14,17,19H,5-6,9-10H2,1H3,(H,22,23)/t19-/m1/s1. The van der Waals surface area contributed by atoms with E-state index in [1.54, 1.807) is 12.1 Å². The minimum absolute atomic E-state index is 0.0848. The van der Waals surface area contributed by atoms with Gasteiger partial charge in [-0.2, -0.15) is 0 Å². The molecule has 1 aliphatic carbocycles. The lowest BCUT2D eigenvalue weighted by Gasteiger charge is -2.20. The highest BCUT2D eigenvalue weighted by Gasteiger charge is 2.30. The van der Waals surface area contributed by atoms with Crippen molar-refractivity contribution in [3.8, 4) is 0 Å². The molecule has 0 aliphatic heterocycles. The summed E-state index contributed by atoms with van der Waals surface area (Å²) in [5.74, 6) is -0.690. The quantitative estimate of drug-likeness (QED) is 0.822. The lowest BCUT2D eigenvalue weighted by Crippen LogP contribution is -2.28. The topological polar surface area (TPSA) is 55.4 Å². The molecule has 0 unspecified atom stereocenters. The highest BCUT2D eigenvalue weighted by atomic mass is 16.5. The number of hydrogen-bond donors (Lipinski definition) is 1. The molecule has 0 radical (unpaired) electrons. The predicted molar refractivity (Wildman–Crippen MR) is 97.0 cm³/mol. The smallest absolute Gasteiger partial charge is 0.310 e. The first-order chi connectivity index (χ1) is 12.1. The summed E-state index contributed by atoms with van der Waals surface area (Å²) in [6.07, 6.45) is 2.85. The van der Waals surface area contributed by atoms with Gasteiger partial charge in [-0.1, -0.05) is 60.9 Å². The van der Waals surface area contributed by atoms with Crippen molar-refractivity contribution in [3.05, 3.63) is 65.7 Å². The van der Waals surface area contributed by atoms with Gasteiger partial charge >= 0.3 is 5.97 Å². The molecule has 0 saturated heterocycles. The maximum absolute atomic E-state index is 12.8. The van der Waals surface area contributed by atoms with Gasteiger partial charge in [0, 0.05) is 11.3 Å². The fraction of sp³-hybridized carbons (Fsp3) is 0.333. The average molecular weight is 337 g/mol. The third-order valence-electron chi connectivity index (χ3n) is 4.58. The summed E-state index contributed by atoms with van der Waals surface area (Å²) in [6.45, 7) is 1.99. The predicted octanol–water partition coefficient (Wildman–Crippen LogP) is 4.41. The van der Waals surface area contributed by atoms with Crippen molar-refractivity contribution < 1.29 is 14.3 Å². The van der Waals surface area contributed by atoms with Gasteiger partial charge < -0.3 is 10.1 Å². The first-order valence-electron chi connectivity index (χ1n) is 8.76. The van der Waals surface area contributed by atoms with Crippen molar-refractivity contribution in [1.82, 2.24) is 0 Å². The molecule has 130 valence electrons. The molecule has 1 aliphatic rings. The maximum Gasteiger partial charge on any atom is 0.310 e. The van der Waals surface area contributed by atoms with Crippen molar-refractivity contribution in [2.45, 2.75) is 38.7 Å². The van der Waals surface area contributed by atoms with E-state index in [9.17, 15) is 9.59 Å². The molecule has 0 spiro atoms. The lowest BCUT2D eigenvalue weighted by molar-refractivity contribution is -0.158. The summed E-state index contributed by atoms with van der Waals surface area (Å²) in [6, 6.07) is 16.7. The number of ether oxygens (including phenoxy) is 1. The fourth-order valence-corrected chi connectivity index (χ4v) is 3.12. The number of aryl methyl sites for hydroxylation is 1. The molecule has 1 saturated carbocycles. The van der Waals surface area contributed by atoms with Crippen LogP contribution in [0.3, 0.4) is 0 Å². The minimum Gasteiger partial charge on any atom is -0.447 e. The number of nitrogens with one attached hydrogen (secondary N) is 1. The Morgan fingerprint density at radius 1 is 1.00 bits per heavy atom. The number of carbonyl (C=O) groups excluding carboxylic acids is 2. The van der Waals surface area contributed by atoms with Crippen molar-refractivity contribution in [2.75, 3.05) is 5.32 Å². The van der Waals surface area contributed by atoms with E-state index in [0.29, 0.717) is 11.3 Å². The van der Waals surface area contributed by atoms with E-state index in [4.69, 9.17) is 4.74 Å². The van der Waals surface area contributed by atoms with E-state index < -0.39 is 6.10 Å². The normalized spacial score (nSPS) is 15.6. The molecule has 4 heteroatoms. The molecule has 1 N–H and O–H groups in total. The zero-order chi connectivity index (χ0) is 17.6. The van der Waals surface area contributed by atoms with Gasteiger partial charge in [-0.15, -0.1) is 0 Å². The first-order valence-corrected chi connectivity index (χ1v) is 8.76. The Kier molecular flexibility index (Phi) is 5.49. The van der Waals surface area contributed by atoms with Crippen LogP contribution in [0.1, 0.15) is 42.9 Å². The Morgan fingerprint density at radius 3 is 2.28 bits per heavy atom. The SMILES string of the molecule is Cc1ccc(NC(=O)[C@H](OC(=O)C2CCCC2)c2ccccc2)cc1. The highest BCUT2D eigenvalue weighted by Crippen LogP contribution is 2.29. The fourth-order valence-electron chi connectivity index (χ4n) is 3.12. The first kappa shape index (κ1) is 17.2. The van der Waals surface area contributed by atoms with Crippen molar-refractivity contribution in [2.24, 2.45) is 5.92 Å². The number of benzene rings is 2. The van der Waals surface area contributed by atoms with Crippen LogP contribution in [-0.2, 0) is 14.3 Å². The van der Waals surface area contributed by atoms with Gasteiger partial charge in [0.05, 0.1) is 5.92 Å². The molecular weight excluding hydrogens is 314 g/mol. The van der Waals surface area contributed by atoms with Crippen LogP contribution < -0.4 is 5.32 Å². The maximum atomic E-state index is 12.8. The monoisotopic (exact) mass is 337 g/mol. The van der Waals surface area contributed by atoms with Crippen LogP contribution in [0.2, 0.25) is 0 Å². The number of hydrogen-bond acceptors (Lipinski definition) is 3. The number of anilines is 1. The van der Waals surface area contributed by atoms with Crippen LogP contribution in [0.5, 0.6) is 0 Å². The number of carbonyl (C=O) groups is 2. The molecule has 25 heavy (non-hydrogen) atoms. The van der Waals surface area contributed by atoms with E-state index in [2.05, 4.69) is 5.32 Å². The van der Waals surface area contributed by atoms with Gasteiger partial charge in [-0.05, 0) is 31.9 Å². The molecule has 3 rings (SSSR count). The average Bonchev–Trinajstić information content (AvgIpc) is 3.17. The summed E-state index contributed by atoms with van der Waals surface area (Å²) >= 11 is 0. The zero-order valence-corrected chi connectivity index (χ0v) is 14.4. The Labute approximate surface area is 148 Å². The van der Waals surface area contributed by atoms with E-state index in [1.807, 2.05) is 49.4 Å². The summed E-state index contributed by atoms with van der Waals surface area (Å²) in [5.41, 5.74) is 2.48. The number of amides is 1. The second-order valence-corrected chi connectivity index (χ2v) is 6.56. The van der Waals surface area contributed by atoms with Crippen LogP contribution in [0.4, 0.5) is 5.69 Å². The second-order valence-electron chi connectivity index (χ2n) is 6.56. The van der Waals surface area contributed by atoms with Gasteiger partial charge in [0.15, 0.2) is 0 Å². The zero-order valence-electron chi connectivity index (χ0n) is 14.4. The van der Waals surface area contributed by atoms with Crippen LogP contribution in [0.25, 0.3) is 0 Å². The van der Waals surface area contributed by atoms with E-state index >= 15 is 0 Å². The van der Waals surface area contributed by atoms with Gasteiger partial charge in [0.25, 0.3) is 5.91 Å². The molecule has 0 bridgehead atoms. The summed E-state index contributed by atoms with van der Waals surface area (Å²) in [7, 11) is 0. The van der Waals surface area contributed by atoms with Crippen LogP contribution >= 0.6 is 0 Å². The molecule has 1 fully saturated rings. The Bertz CT molecular complexity index is 719. The minimum atomic E-state index is -0.935. The number of esters is 1. The molecular formula is C21H23NO3. The molecule has 1 atom stereocenters. The Hall–Kier alpha value is -2.62. The largest absolute Gasteiger partial charge is 0.447 e. The molecule has 4 nitrogen and oxygen atoms in total. The van der Waals surface area contributed by atoms with Crippen LogP contribution in [0, 0.1) is 12.8 Å². The molecule has 0 aromatic heterocycles. The summed E-state index contributed by atoms with van der Waals surface area (Å²) in [5, 5.41) is 2.85. The second kappa shape index (κ2) is 7.97. The molecule has 0 heterocycles. The number of rotatable bonds is 5. The molecule has 2 aromatic carbocycles. The van der Waals surface area contributed by atoms with Crippen molar-refractivity contribution in [3.63, 3.8) is 0 Å². The van der Waals surface area contributed by atoms with E-state index in [0.717, 1.165) is 31.2 Å².